The number of hydrogen-bond donors (Lipinski definition) is 3. The number of piperidine rings is 1. The first-order valence-electron chi connectivity index (χ1n) is 9.97. The van der Waals surface area contributed by atoms with Gasteiger partial charge in [0.15, 0.2) is 0 Å². The standard InChI is InChI=1S/C21H24N4O4S/c26-20-18-12-17(8-9-19(18)23-21(27)24-20)30(28,29)22-13-15-6-2-3-7-16(15)14-25-10-4-1-5-11-25/h2-3,6-9,12,22H,1,4-5,10-11,13-14H2,(H2,23,24,26,27). The fourth-order valence-electron chi connectivity index (χ4n) is 3.81. The van der Waals surface area contributed by atoms with E-state index in [2.05, 4.69) is 19.6 Å². The summed E-state index contributed by atoms with van der Waals surface area (Å²) in [5.41, 5.74) is 1.06. The maximum atomic E-state index is 12.8. The lowest BCUT2D eigenvalue weighted by molar-refractivity contribution is 0.220. The number of H-pyrrole nitrogens is 2. The SMILES string of the molecule is O=c1[nH]c(=O)c2cc(S(=O)(=O)NCc3ccccc3CN3CCCCC3)ccc2[nH]1. The van der Waals surface area contributed by atoms with E-state index in [1.54, 1.807) is 0 Å². The van der Waals surface area contributed by atoms with Gasteiger partial charge in [0.25, 0.3) is 5.56 Å². The van der Waals surface area contributed by atoms with Crippen molar-refractivity contribution in [2.75, 3.05) is 13.1 Å². The van der Waals surface area contributed by atoms with Crippen LogP contribution in [0, 0.1) is 0 Å². The molecular weight excluding hydrogens is 404 g/mol. The zero-order valence-corrected chi connectivity index (χ0v) is 17.3. The Balaban J connectivity index is 1.54. The molecule has 4 rings (SSSR count). The molecule has 2 heterocycles. The van der Waals surface area contributed by atoms with Crippen molar-refractivity contribution < 1.29 is 8.42 Å². The van der Waals surface area contributed by atoms with E-state index in [0.29, 0.717) is 0 Å². The minimum absolute atomic E-state index is 0.0268. The highest BCUT2D eigenvalue weighted by molar-refractivity contribution is 7.89. The quantitative estimate of drug-likeness (QED) is 0.553. The maximum Gasteiger partial charge on any atom is 0.326 e. The van der Waals surface area contributed by atoms with E-state index in [4.69, 9.17) is 0 Å². The van der Waals surface area contributed by atoms with Crippen molar-refractivity contribution in [1.82, 2.24) is 19.6 Å². The van der Waals surface area contributed by atoms with E-state index < -0.39 is 21.3 Å². The van der Waals surface area contributed by atoms with Gasteiger partial charge in [-0.3, -0.25) is 14.7 Å². The number of fused-ring (bicyclic) bond motifs is 1. The second-order valence-electron chi connectivity index (χ2n) is 7.55. The zero-order chi connectivity index (χ0) is 21.1. The molecule has 0 radical (unpaired) electrons. The largest absolute Gasteiger partial charge is 0.326 e. The summed E-state index contributed by atoms with van der Waals surface area (Å²) in [4.78, 5) is 30.3. The first-order chi connectivity index (χ1) is 14.4. The van der Waals surface area contributed by atoms with Gasteiger partial charge in [-0.1, -0.05) is 30.7 Å². The average molecular weight is 429 g/mol. The molecule has 0 amide bonds. The van der Waals surface area contributed by atoms with Gasteiger partial charge in [0.05, 0.1) is 15.8 Å². The lowest BCUT2D eigenvalue weighted by atomic mass is 10.1. The molecule has 158 valence electrons. The summed E-state index contributed by atoms with van der Waals surface area (Å²) in [5.74, 6) is 0. The molecule has 1 aliphatic rings. The summed E-state index contributed by atoms with van der Waals surface area (Å²) in [7, 11) is -3.84. The van der Waals surface area contributed by atoms with Crippen molar-refractivity contribution in [3.8, 4) is 0 Å². The minimum atomic E-state index is -3.84. The van der Waals surface area contributed by atoms with Crippen LogP contribution in [-0.4, -0.2) is 36.4 Å². The van der Waals surface area contributed by atoms with E-state index in [9.17, 15) is 18.0 Å². The van der Waals surface area contributed by atoms with Gasteiger partial charge in [-0.05, 0) is 55.3 Å². The van der Waals surface area contributed by atoms with Crippen molar-refractivity contribution >= 4 is 20.9 Å². The van der Waals surface area contributed by atoms with Crippen LogP contribution < -0.4 is 16.0 Å². The molecule has 9 heteroatoms. The van der Waals surface area contributed by atoms with Crippen molar-refractivity contribution in [3.63, 3.8) is 0 Å². The number of benzene rings is 2. The fraction of sp³-hybridized carbons (Fsp3) is 0.333. The highest BCUT2D eigenvalue weighted by Gasteiger charge is 2.17. The number of aromatic nitrogens is 2. The molecular formula is C21H24N4O4S. The molecule has 0 spiro atoms. The topological polar surface area (TPSA) is 115 Å². The molecule has 30 heavy (non-hydrogen) atoms. The first kappa shape index (κ1) is 20.5. The highest BCUT2D eigenvalue weighted by Crippen LogP contribution is 2.18. The average Bonchev–Trinajstić information content (AvgIpc) is 2.73. The van der Waals surface area contributed by atoms with Crippen molar-refractivity contribution in [2.45, 2.75) is 37.2 Å². The smallest absolute Gasteiger partial charge is 0.307 e. The molecule has 8 nitrogen and oxygen atoms in total. The summed E-state index contributed by atoms with van der Waals surface area (Å²) in [6.07, 6.45) is 3.66. The Labute approximate surface area is 174 Å². The van der Waals surface area contributed by atoms with Gasteiger partial charge in [0, 0.05) is 13.1 Å². The number of hydrogen-bond acceptors (Lipinski definition) is 5. The van der Waals surface area contributed by atoms with Gasteiger partial charge in [0.1, 0.15) is 0 Å². The van der Waals surface area contributed by atoms with Crippen LogP contribution in [0.3, 0.4) is 0 Å². The summed E-state index contributed by atoms with van der Waals surface area (Å²) in [5, 5.41) is 0.114. The van der Waals surface area contributed by atoms with Crippen LogP contribution in [0.4, 0.5) is 0 Å². The van der Waals surface area contributed by atoms with Crippen molar-refractivity contribution in [2.24, 2.45) is 0 Å². The predicted molar refractivity (Wildman–Crippen MR) is 115 cm³/mol. The minimum Gasteiger partial charge on any atom is -0.307 e. The molecule has 1 fully saturated rings. The molecule has 0 aliphatic carbocycles. The van der Waals surface area contributed by atoms with Crippen molar-refractivity contribution in [1.29, 1.82) is 0 Å². The third-order valence-electron chi connectivity index (χ3n) is 5.43. The molecule has 1 aliphatic heterocycles. The molecule has 3 aromatic rings. The van der Waals surface area contributed by atoms with Crippen LogP contribution >= 0.6 is 0 Å². The number of likely N-dealkylation sites (tertiary alicyclic amines) is 1. The molecule has 1 saturated heterocycles. The predicted octanol–water partition coefficient (Wildman–Crippen LogP) is 1.68. The Morgan fingerprint density at radius 1 is 0.933 bits per heavy atom. The Morgan fingerprint density at radius 3 is 2.43 bits per heavy atom. The van der Waals surface area contributed by atoms with Gasteiger partial charge < -0.3 is 4.98 Å². The Hall–Kier alpha value is -2.75. The molecule has 0 saturated carbocycles. The number of aromatic amines is 2. The molecule has 0 bridgehead atoms. The number of sulfonamides is 1. The number of nitrogens with zero attached hydrogens (tertiary/aromatic N) is 1. The number of nitrogens with one attached hydrogen (secondary N) is 3. The maximum absolute atomic E-state index is 12.8. The fourth-order valence-corrected chi connectivity index (χ4v) is 4.84. The lowest BCUT2D eigenvalue weighted by Gasteiger charge is -2.27. The van der Waals surface area contributed by atoms with Gasteiger partial charge in [-0.25, -0.2) is 17.9 Å². The lowest BCUT2D eigenvalue weighted by Crippen LogP contribution is -2.30. The Bertz CT molecular complexity index is 1270. The zero-order valence-electron chi connectivity index (χ0n) is 16.5. The van der Waals surface area contributed by atoms with Crippen LogP contribution in [0.2, 0.25) is 0 Å². The number of rotatable bonds is 6. The summed E-state index contributed by atoms with van der Waals surface area (Å²) < 4.78 is 28.3. The second-order valence-corrected chi connectivity index (χ2v) is 9.31. The van der Waals surface area contributed by atoms with Gasteiger partial charge in [-0.15, -0.1) is 0 Å². The Kier molecular flexibility index (Phi) is 5.85. The van der Waals surface area contributed by atoms with Gasteiger partial charge in [-0.2, -0.15) is 0 Å². The molecule has 2 aromatic carbocycles. The monoisotopic (exact) mass is 428 g/mol. The highest BCUT2D eigenvalue weighted by atomic mass is 32.2. The normalized spacial score (nSPS) is 15.5. The van der Waals surface area contributed by atoms with Gasteiger partial charge in [0.2, 0.25) is 10.0 Å². The van der Waals surface area contributed by atoms with Crippen LogP contribution in [-0.2, 0) is 23.1 Å². The van der Waals surface area contributed by atoms with E-state index in [-0.39, 0.29) is 22.3 Å². The van der Waals surface area contributed by atoms with E-state index >= 15 is 0 Å². The Morgan fingerprint density at radius 2 is 1.67 bits per heavy atom. The van der Waals surface area contributed by atoms with Crippen LogP contribution in [0.1, 0.15) is 30.4 Å². The first-order valence-corrected chi connectivity index (χ1v) is 11.5. The third kappa shape index (κ3) is 4.53. The molecule has 1 aromatic heterocycles. The second kappa shape index (κ2) is 8.55. The summed E-state index contributed by atoms with van der Waals surface area (Å²) in [6, 6.07) is 11.9. The summed E-state index contributed by atoms with van der Waals surface area (Å²) >= 11 is 0. The van der Waals surface area contributed by atoms with Crippen LogP contribution in [0.5, 0.6) is 0 Å². The van der Waals surface area contributed by atoms with E-state index in [0.717, 1.165) is 30.8 Å². The van der Waals surface area contributed by atoms with Crippen LogP contribution in [0.25, 0.3) is 10.9 Å². The summed E-state index contributed by atoms with van der Waals surface area (Å²) in [6.45, 7) is 3.09. The molecule has 0 unspecified atom stereocenters. The van der Waals surface area contributed by atoms with Crippen molar-refractivity contribution in [3.05, 3.63) is 74.4 Å². The van der Waals surface area contributed by atoms with E-state index in [1.165, 1.54) is 37.5 Å². The molecule has 0 atom stereocenters. The third-order valence-corrected chi connectivity index (χ3v) is 6.83. The van der Waals surface area contributed by atoms with Gasteiger partial charge >= 0.3 is 5.69 Å². The van der Waals surface area contributed by atoms with Crippen LogP contribution in [0.15, 0.2) is 56.9 Å². The molecule has 3 N–H and O–H groups in total. The van der Waals surface area contributed by atoms with E-state index in [1.807, 2.05) is 24.3 Å².